The van der Waals surface area contributed by atoms with Gasteiger partial charge >= 0.3 is 0 Å². The van der Waals surface area contributed by atoms with Gasteiger partial charge in [0, 0.05) is 19.2 Å². The van der Waals surface area contributed by atoms with Gasteiger partial charge in [0.1, 0.15) is 11.5 Å². The van der Waals surface area contributed by atoms with Crippen LogP contribution in [0.3, 0.4) is 0 Å². The fourth-order valence-corrected chi connectivity index (χ4v) is 3.71. The molecule has 3 aromatic rings. The second-order valence-electron chi connectivity index (χ2n) is 5.97. The van der Waals surface area contributed by atoms with Gasteiger partial charge in [-0.05, 0) is 29.8 Å². The van der Waals surface area contributed by atoms with Crippen molar-refractivity contribution in [2.24, 2.45) is 7.05 Å². The number of nitrogens with zero attached hydrogens (tertiary/aromatic N) is 2. The number of hydrogen-bond acceptors (Lipinski definition) is 4. The van der Waals surface area contributed by atoms with Crippen LogP contribution < -0.4 is 10.1 Å². The van der Waals surface area contributed by atoms with Crippen molar-refractivity contribution in [1.29, 1.82) is 0 Å². The molecule has 140 valence electrons. The molecule has 1 atom stereocenters. The number of hydrogen-bond donors (Lipinski definition) is 1. The van der Waals surface area contributed by atoms with E-state index in [1.807, 2.05) is 54.6 Å². The minimum absolute atomic E-state index is 0.125. The van der Waals surface area contributed by atoms with E-state index in [4.69, 9.17) is 4.74 Å². The topological polar surface area (TPSA) is 73.2 Å². The van der Waals surface area contributed by atoms with Gasteiger partial charge in [0.2, 0.25) is 5.91 Å². The normalized spacial score (nSPS) is 11.8. The molecule has 1 heterocycles. The van der Waals surface area contributed by atoms with Crippen LogP contribution in [-0.4, -0.2) is 32.5 Å². The third-order valence-electron chi connectivity index (χ3n) is 4.13. The molecule has 2 aromatic carbocycles. The summed E-state index contributed by atoms with van der Waals surface area (Å²) in [5.41, 5.74) is 2.75. The minimum atomic E-state index is -1.53. The number of ether oxygens (including phenoxy) is 1. The van der Waals surface area contributed by atoms with E-state index >= 15 is 0 Å². The van der Waals surface area contributed by atoms with Crippen molar-refractivity contribution in [3.05, 3.63) is 66.4 Å². The molecule has 1 aromatic heterocycles. The summed E-state index contributed by atoms with van der Waals surface area (Å²) in [7, 11) is 1.88. The molecule has 1 amide bonds. The smallest absolute Gasteiger partial charge is 0.233 e. The summed E-state index contributed by atoms with van der Waals surface area (Å²) in [6.07, 6.45) is 1.66. The maximum absolute atomic E-state index is 12.6. The van der Waals surface area contributed by atoms with E-state index in [1.165, 1.54) is 0 Å². The molecule has 0 aliphatic carbocycles. The first-order valence-electron chi connectivity index (χ1n) is 8.43. The van der Waals surface area contributed by atoms with Gasteiger partial charge in [0.05, 0.1) is 29.8 Å². The van der Waals surface area contributed by atoms with Crippen LogP contribution in [0.25, 0.3) is 11.3 Å². The third kappa shape index (κ3) is 4.62. The Morgan fingerprint density at radius 1 is 1.15 bits per heavy atom. The third-order valence-corrected chi connectivity index (χ3v) is 5.44. The molecule has 0 saturated carbocycles. The summed E-state index contributed by atoms with van der Waals surface area (Å²) in [4.78, 5) is 16.4. The highest BCUT2D eigenvalue weighted by molar-refractivity contribution is 7.85. The lowest BCUT2D eigenvalue weighted by molar-refractivity contribution is -0.118. The zero-order valence-corrected chi connectivity index (χ0v) is 16.0. The molecular formula is C20H21N3O3S. The fourth-order valence-electron chi connectivity index (χ4n) is 2.67. The molecule has 0 saturated heterocycles. The first-order chi connectivity index (χ1) is 13.1. The minimum Gasteiger partial charge on any atom is -0.497 e. The Balaban J connectivity index is 1.64. The quantitative estimate of drug-likeness (QED) is 0.680. The van der Waals surface area contributed by atoms with E-state index in [0.717, 1.165) is 22.6 Å². The van der Waals surface area contributed by atoms with Crippen LogP contribution in [0.2, 0.25) is 0 Å². The predicted octanol–water partition coefficient (Wildman–Crippen LogP) is 2.52. The number of aromatic nitrogens is 2. The van der Waals surface area contributed by atoms with Gasteiger partial charge in [-0.25, -0.2) is 4.98 Å². The summed E-state index contributed by atoms with van der Waals surface area (Å²) in [6, 6.07) is 17.1. The van der Waals surface area contributed by atoms with Crippen molar-refractivity contribution in [1.82, 2.24) is 14.9 Å². The molecule has 7 heteroatoms. The first kappa shape index (κ1) is 18.8. The maximum atomic E-state index is 12.6. The lowest BCUT2D eigenvalue weighted by Gasteiger charge is -2.08. The van der Waals surface area contributed by atoms with Crippen LogP contribution in [0.1, 0.15) is 5.56 Å². The zero-order valence-electron chi connectivity index (χ0n) is 15.2. The molecule has 1 N–H and O–H groups in total. The van der Waals surface area contributed by atoms with Crippen molar-refractivity contribution in [3.8, 4) is 17.0 Å². The average Bonchev–Trinajstić information content (AvgIpc) is 3.09. The summed E-state index contributed by atoms with van der Waals surface area (Å²) in [5, 5.41) is 3.16. The highest BCUT2D eigenvalue weighted by Crippen LogP contribution is 2.23. The molecule has 0 unspecified atom stereocenters. The monoisotopic (exact) mass is 383 g/mol. The Hall–Kier alpha value is -2.93. The lowest BCUT2D eigenvalue weighted by atomic mass is 10.1. The second-order valence-corrected chi connectivity index (χ2v) is 7.31. The van der Waals surface area contributed by atoms with Crippen LogP contribution in [0.15, 0.2) is 66.0 Å². The fraction of sp³-hybridized carbons (Fsp3) is 0.200. The van der Waals surface area contributed by atoms with E-state index in [1.54, 1.807) is 24.9 Å². The number of amides is 1. The lowest BCUT2D eigenvalue weighted by Crippen LogP contribution is -2.28. The van der Waals surface area contributed by atoms with E-state index in [-0.39, 0.29) is 11.7 Å². The Bertz CT molecular complexity index is 937. The highest BCUT2D eigenvalue weighted by Gasteiger charge is 2.17. The SMILES string of the molecule is COc1ccc(-c2cnc([S@@](=O)CC(=O)NCc3ccccc3)n2C)cc1. The summed E-state index contributed by atoms with van der Waals surface area (Å²) in [5.74, 6) is 0.366. The summed E-state index contributed by atoms with van der Waals surface area (Å²) in [6.45, 7) is 0.411. The number of imidazole rings is 1. The molecule has 6 nitrogen and oxygen atoms in total. The van der Waals surface area contributed by atoms with Gasteiger partial charge in [0.25, 0.3) is 0 Å². The zero-order chi connectivity index (χ0) is 19.2. The molecule has 0 radical (unpaired) electrons. The number of benzene rings is 2. The number of carbonyl (C=O) groups excluding carboxylic acids is 1. The van der Waals surface area contributed by atoms with E-state index in [0.29, 0.717) is 11.7 Å². The van der Waals surface area contributed by atoms with Crippen LogP contribution in [-0.2, 0) is 29.2 Å². The van der Waals surface area contributed by atoms with Crippen LogP contribution in [0, 0.1) is 0 Å². The summed E-state index contributed by atoms with van der Waals surface area (Å²) < 4.78 is 19.5. The Morgan fingerprint density at radius 3 is 2.52 bits per heavy atom. The van der Waals surface area contributed by atoms with Crippen LogP contribution in [0.4, 0.5) is 0 Å². The van der Waals surface area contributed by atoms with Crippen molar-refractivity contribution in [2.75, 3.05) is 12.9 Å². The molecule has 0 bridgehead atoms. The highest BCUT2D eigenvalue weighted by atomic mass is 32.2. The van der Waals surface area contributed by atoms with Crippen molar-refractivity contribution < 1.29 is 13.7 Å². The van der Waals surface area contributed by atoms with Crippen LogP contribution >= 0.6 is 0 Å². The number of methoxy groups -OCH3 is 1. The van der Waals surface area contributed by atoms with Gasteiger partial charge in [-0.2, -0.15) is 0 Å². The molecule has 0 aliphatic rings. The van der Waals surface area contributed by atoms with Crippen molar-refractivity contribution in [2.45, 2.75) is 11.7 Å². The Labute approximate surface area is 160 Å². The number of carbonyl (C=O) groups is 1. The average molecular weight is 383 g/mol. The van der Waals surface area contributed by atoms with Gasteiger partial charge in [-0.1, -0.05) is 30.3 Å². The number of rotatable bonds is 7. The Morgan fingerprint density at radius 2 is 1.85 bits per heavy atom. The summed E-state index contributed by atoms with van der Waals surface area (Å²) >= 11 is 0. The van der Waals surface area contributed by atoms with Gasteiger partial charge in [0.15, 0.2) is 5.16 Å². The van der Waals surface area contributed by atoms with Crippen molar-refractivity contribution in [3.63, 3.8) is 0 Å². The largest absolute Gasteiger partial charge is 0.497 e. The van der Waals surface area contributed by atoms with Crippen molar-refractivity contribution >= 4 is 16.7 Å². The van der Waals surface area contributed by atoms with E-state index in [9.17, 15) is 9.00 Å². The van der Waals surface area contributed by atoms with E-state index < -0.39 is 10.8 Å². The molecule has 0 fully saturated rings. The van der Waals surface area contributed by atoms with Crippen LogP contribution in [0.5, 0.6) is 5.75 Å². The second kappa shape index (κ2) is 8.64. The molecule has 27 heavy (non-hydrogen) atoms. The standard InChI is InChI=1S/C20H21N3O3S/c1-23-18(16-8-10-17(26-2)11-9-16)13-22-20(23)27(25)14-19(24)21-12-15-6-4-3-5-7-15/h3-11,13H,12,14H2,1-2H3,(H,21,24)/t27-/m0/s1. The van der Waals surface area contributed by atoms with Gasteiger partial charge < -0.3 is 14.6 Å². The Kier molecular flexibility index (Phi) is 6.03. The molecular weight excluding hydrogens is 362 g/mol. The molecule has 0 aliphatic heterocycles. The first-order valence-corrected chi connectivity index (χ1v) is 9.75. The predicted molar refractivity (Wildman–Crippen MR) is 105 cm³/mol. The maximum Gasteiger partial charge on any atom is 0.233 e. The number of nitrogens with one attached hydrogen (secondary N) is 1. The molecule has 3 rings (SSSR count). The molecule has 0 spiro atoms. The van der Waals surface area contributed by atoms with E-state index in [2.05, 4.69) is 10.3 Å². The van der Waals surface area contributed by atoms with Gasteiger partial charge in [-0.3, -0.25) is 9.00 Å². The van der Waals surface area contributed by atoms with Gasteiger partial charge in [-0.15, -0.1) is 0 Å².